The summed E-state index contributed by atoms with van der Waals surface area (Å²) in [6.45, 7) is 1.53. The molecule has 0 spiro atoms. The van der Waals surface area contributed by atoms with Crippen molar-refractivity contribution < 1.29 is 18.0 Å². The summed E-state index contributed by atoms with van der Waals surface area (Å²) in [5.41, 5.74) is 0.0147. The second kappa shape index (κ2) is 7.94. The van der Waals surface area contributed by atoms with Crippen LogP contribution in [0.4, 0.5) is 24.5 Å². The molecule has 0 radical (unpaired) electrons. The average molecular weight is 382 g/mol. The lowest BCUT2D eigenvalue weighted by Crippen LogP contribution is -2.22. The minimum atomic E-state index is -4.46. The number of nitrogens with one attached hydrogen (secondary N) is 1. The highest BCUT2D eigenvalue weighted by atomic mass is 32.2. The van der Waals surface area contributed by atoms with Crippen LogP contribution in [0.15, 0.2) is 41.8 Å². The van der Waals surface area contributed by atoms with Crippen LogP contribution in [0.3, 0.4) is 0 Å². The fourth-order valence-corrected chi connectivity index (χ4v) is 3.33. The van der Waals surface area contributed by atoms with Crippen molar-refractivity contribution in [3.05, 3.63) is 42.2 Å². The maximum Gasteiger partial charge on any atom is 0.416 e. The highest BCUT2D eigenvalue weighted by molar-refractivity contribution is 7.99. The SMILES string of the molecule is O=C(CSc1ncccn1)Nc1cc(C(F)(F)F)ccc1N1CCCC1. The zero-order valence-corrected chi connectivity index (χ0v) is 14.6. The molecule has 1 aromatic heterocycles. The Morgan fingerprint density at radius 2 is 1.88 bits per heavy atom. The van der Waals surface area contributed by atoms with Gasteiger partial charge in [0.1, 0.15) is 0 Å². The number of amides is 1. The zero-order chi connectivity index (χ0) is 18.6. The molecule has 138 valence electrons. The first kappa shape index (κ1) is 18.5. The number of thioether (sulfide) groups is 1. The lowest BCUT2D eigenvalue weighted by atomic mass is 10.1. The number of anilines is 2. The van der Waals surface area contributed by atoms with Crippen molar-refractivity contribution in [2.24, 2.45) is 0 Å². The summed E-state index contributed by atoms with van der Waals surface area (Å²) in [4.78, 5) is 22.2. The number of halogens is 3. The van der Waals surface area contributed by atoms with Crippen LogP contribution in [0.2, 0.25) is 0 Å². The normalized spacial score (nSPS) is 14.5. The topological polar surface area (TPSA) is 58.1 Å². The number of benzene rings is 1. The van der Waals surface area contributed by atoms with E-state index in [2.05, 4.69) is 15.3 Å². The Bertz CT molecular complexity index is 764. The first-order valence-corrected chi connectivity index (χ1v) is 9.08. The van der Waals surface area contributed by atoms with Crippen LogP contribution in [0.25, 0.3) is 0 Å². The van der Waals surface area contributed by atoms with Gasteiger partial charge in [0.15, 0.2) is 5.16 Å². The van der Waals surface area contributed by atoms with Crippen molar-refractivity contribution in [3.63, 3.8) is 0 Å². The lowest BCUT2D eigenvalue weighted by Gasteiger charge is -2.22. The molecule has 1 N–H and O–H groups in total. The van der Waals surface area contributed by atoms with E-state index in [0.29, 0.717) is 10.8 Å². The summed E-state index contributed by atoms with van der Waals surface area (Å²) in [6, 6.07) is 5.14. The van der Waals surface area contributed by atoms with Gasteiger partial charge in [-0.2, -0.15) is 13.2 Å². The highest BCUT2D eigenvalue weighted by Crippen LogP contribution is 2.36. The Hall–Kier alpha value is -2.29. The van der Waals surface area contributed by atoms with E-state index < -0.39 is 17.6 Å². The maximum atomic E-state index is 13.0. The van der Waals surface area contributed by atoms with Crippen LogP contribution < -0.4 is 10.2 Å². The van der Waals surface area contributed by atoms with Gasteiger partial charge < -0.3 is 10.2 Å². The number of carbonyl (C=O) groups excluding carboxylic acids is 1. The van der Waals surface area contributed by atoms with Crippen LogP contribution in [-0.2, 0) is 11.0 Å². The van der Waals surface area contributed by atoms with Gasteiger partial charge in [0.05, 0.1) is 22.7 Å². The Morgan fingerprint density at radius 3 is 2.54 bits per heavy atom. The van der Waals surface area contributed by atoms with E-state index in [4.69, 9.17) is 0 Å². The minimum Gasteiger partial charge on any atom is -0.370 e. The van der Waals surface area contributed by atoms with Crippen LogP contribution in [0.5, 0.6) is 0 Å². The van der Waals surface area contributed by atoms with Crippen LogP contribution in [-0.4, -0.2) is 34.7 Å². The number of carbonyl (C=O) groups is 1. The molecule has 0 unspecified atom stereocenters. The molecule has 1 saturated heterocycles. The maximum absolute atomic E-state index is 13.0. The van der Waals surface area contributed by atoms with Crippen molar-refractivity contribution in [2.45, 2.75) is 24.2 Å². The number of hydrogen-bond acceptors (Lipinski definition) is 5. The third-order valence-electron chi connectivity index (χ3n) is 3.92. The number of alkyl halides is 3. The molecule has 0 bridgehead atoms. The Morgan fingerprint density at radius 1 is 1.19 bits per heavy atom. The van der Waals surface area contributed by atoms with E-state index in [1.165, 1.54) is 6.07 Å². The molecule has 9 heteroatoms. The van der Waals surface area contributed by atoms with E-state index in [-0.39, 0.29) is 11.4 Å². The molecule has 1 fully saturated rings. The molecule has 2 aromatic rings. The van der Waals surface area contributed by atoms with Crippen molar-refractivity contribution in [1.29, 1.82) is 0 Å². The van der Waals surface area contributed by atoms with Gasteiger partial charge >= 0.3 is 6.18 Å². The first-order valence-electron chi connectivity index (χ1n) is 8.09. The Balaban J connectivity index is 1.76. The molecule has 3 rings (SSSR count). The molecular weight excluding hydrogens is 365 g/mol. The molecule has 0 atom stereocenters. The average Bonchev–Trinajstić information content (AvgIpc) is 3.14. The van der Waals surface area contributed by atoms with E-state index in [1.807, 2.05) is 4.90 Å². The highest BCUT2D eigenvalue weighted by Gasteiger charge is 2.32. The monoisotopic (exact) mass is 382 g/mol. The predicted molar refractivity (Wildman–Crippen MR) is 94.3 cm³/mol. The fourth-order valence-electron chi connectivity index (χ4n) is 2.72. The summed E-state index contributed by atoms with van der Waals surface area (Å²) in [5.74, 6) is -0.387. The van der Waals surface area contributed by atoms with Gasteiger partial charge in [0, 0.05) is 25.5 Å². The van der Waals surface area contributed by atoms with Crippen LogP contribution >= 0.6 is 11.8 Å². The summed E-state index contributed by atoms with van der Waals surface area (Å²) in [6.07, 6.45) is 0.623. The van der Waals surface area contributed by atoms with Crippen LogP contribution in [0.1, 0.15) is 18.4 Å². The van der Waals surface area contributed by atoms with Gasteiger partial charge in [-0.3, -0.25) is 4.79 Å². The molecule has 1 aliphatic heterocycles. The quantitative estimate of drug-likeness (QED) is 0.629. The fraction of sp³-hybridized carbons (Fsp3) is 0.353. The molecular formula is C17H17F3N4OS. The Kier molecular flexibility index (Phi) is 5.65. The second-order valence-electron chi connectivity index (χ2n) is 5.79. The Labute approximate surface area is 153 Å². The van der Waals surface area contributed by atoms with Gasteiger partial charge in [-0.05, 0) is 37.1 Å². The summed E-state index contributed by atoms with van der Waals surface area (Å²) in [7, 11) is 0. The van der Waals surface area contributed by atoms with Crippen molar-refractivity contribution in [3.8, 4) is 0 Å². The first-order chi connectivity index (χ1) is 12.4. The van der Waals surface area contributed by atoms with Gasteiger partial charge in [-0.1, -0.05) is 11.8 Å². The summed E-state index contributed by atoms with van der Waals surface area (Å²) >= 11 is 1.13. The third kappa shape index (κ3) is 4.66. The van der Waals surface area contributed by atoms with Gasteiger partial charge in [-0.15, -0.1) is 0 Å². The van der Waals surface area contributed by atoms with E-state index >= 15 is 0 Å². The van der Waals surface area contributed by atoms with E-state index in [0.717, 1.165) is 49.8 Å². The number of nitrogens with zero attached hydrogens (tertiary/aromatic N) is 3. The predicted octanol–water partition coefficient (Wildman–Crippen LogP) is 3.83. The smallest absolute Gasteiger partial charge is 0.370 e. The van der Waals surface area contributed by atoms with Crippen molar-refractivity contribution in [1.82, 2.24) is 9.97 Å². The molecule has 1 aromatic carbocycles. The van der Waals surface area contributed by atoms with Gasteiger partial charge in [-0.25, -0.2) is 9.97 Å². The number of rotatable bonds is 5. The van der Waals surface area contributed by atoms with Crippen LogP contribution in [0, 0.1) is 0 Å². The molecule has 1 amide bonds. The van der Waals surface area contributed by atoms with Crippen molar-refractivity contribution >= 4 is 29.0 Å². The standard InChI is InChI=1S/C17H17F3N4OS/c18-17(19,20)12-4-5-14(24-8-1-2-9-24)13(10-12)23-15(25)11-26-16-21-6-3-7-22-16/h3-7,10H,1-2,8-9,11H2,(H,23,25). The number of hydrogen-bond donors (Lipinski definition) is 1. The molecule has 0 aliphatic carbocycles. The molecule has 1 aliphatic rings. The lowest BCUT2D eigenvalue weighted by molar-refractivity contribution is -0.137. The zero-order valence-electron chi connectivity index (χ0n) is 13.8. The molecule has 2 heterocycles. The van der Waals surface area contributed by atoms with E-state index in [9.17, 15) is 18.0 Å². The summed E-state index contributed by atoms with van der Waals surface area (Å²) < 4.78 is 39.1. The summed E-state index contributed by atoms with van der Waals surface area (Å²) in [5, 5.41) is 3.05. The molecule has 0 saturated carbocycles. The van der Waals surface area contributed by atoms with E-state index in [1.54, 1.807) is 18.5 Å². The minimum absolute atomic E-state index is 0.0136. The molecule has 5 nitrogen and oxygen atoms in total. The van der Waals surface area contributed by atoms with Crippen molar-refractivity contribution in [2.75, 3.05) is 29.1 Å². The van der Waals surface area contributed by atoms with Gasteiger partial charge in [0.25, 0.3) is 0 Å². The second-order valence-corrected chi connectivity index (χ2v) is 6.73. The number of aromatic nitrogens is 2. The molecule has 26 heavy (non-hydrogen) atoms. The third-order valence-corrected chi connectivity index (χ3v) is 4.79. The van der Waals surface area contributed by atoms with Gasteiger partial charge in [0.2, 0.25) is 5.91 Å². The largest absolute Gasteiger partial charge is 0.416 e.